The fraction of sp³-hybridized carbons (Fsp3) is 0.211. The zero-order valence-electron chi connectivity index (χ0n) is 13.9. The minimum Gasteiger partial charge on any atom is -0.326 e. The molecule has 26 heavy (non-hydrogen) atoms. The van der Waals surface area contributed by atoms with Crippen LogP contribution in [0.2, 0.25) is 0 Å². The van der Waals surface area contributed by atoms with Crippen molar-refractivity contribution in [2.75, 3.05) is 12.4 Å². The first-order chi connectivity index (χ1) is 12.0. The molecule has 5 nitrogen and oxygen atoms in total. The molecular weight excluding hydrogens is 375 g/mol. The van der Waals surface area contributed by atoms with Crippen LogP contribution < -0.4 is 5.73 Å². The second-order valence-corrected chi connectivity index (χ2v) is 6.26. The molecule has 0 saturated heterocycles. The van der Waals surface area contributed by atoms with Gasteiger partial charge in [0.05, 0.1) is 17.0 Å². The van der Waals surface area contributed by atoms with Crippen LogP contribution in [0.5, 0.6) is 0 Å². The molecule has 7 heteroatoms. The predicted molar refractivity (Wildman–Crippen MR) is 102 cm³/mol. The molecule has 1 aliphatic heterocycles. The number of imide groups is 1. The van der Waals surface area contributed by atoms with Gasteiger partial charge < -0.3 is 5.73 Å². The van der Waals surface area contributed by atoms with Crippen molar-refractivity contribution in [1.82, 2.24) is 4.90 Å². The van der Waals surface area contributed by atoms with Gasteiger partial charge in [-0.15, -0.1) is 24.0 Å². The molecule has 3 rings (SSSR count). The van der Waals surface area contributed by atoms with Gasteiger partial charge in [-0.2, -0.15) is 0 Å². The molecule has 0 aliphatic carbocycles. The van der Waals surface area contributed by atoms with Gasteiger partial charge in [0.25, 0.3) is 11.8 Å². The molecular formula is C19H18Cl2N2O3. The number of rotatable bonds is 6. The molecule has 1 atom stereocenters. The van der Waals surface area contributed by atoms with E-state index in [1.165, 1.54) is 4.90 Å². The van der Waals surface area contributed by atoms with Crippen molar-refractivity contribution in [3.63, 3.8) is 0 Å². The molecule has 0 radical (unpaired) electrons. The van der Waals surface area contributed by atoms with Crippen molar-refractivity contribution in [1.29, 1.82) is 0 Å². The molecule has 2 amide bonds. The Morgan fingerprint density at radius 1 is 1.04 bits per heavy atom. The molecule has 2 aromatic carbocycles. The van der Waals surface area contributed by atoms with E-state index < -0.39 is 6.04 Å². The first-order valence-corrected chi connectivity index (χ1v) is 8.43. The Morgan fingerprint density at radius 2 is 1.65 bits per heavy atom. The third kappa shape index (κ3) is 3.96. The molecule has 1 unspecified atom stereocenters. The van der Waals surface area contributed by atoms with E-state index in [4.69, 9.17) is 17.3 Å². The number of nitrogens with two attached hydrogens (primary N) is 1. The number of fused-ring (bicyclic) bond motifs is 1. The standard InChI is InChI=1S/C19H17ClN2O3.ClH/c20-10-17(23)13-5-3-4-12(8-13)9-14(21)11-22-18(24)15-6-1-2-7-16(15)19(22)25;/h1-8,14H,9-11,21H2;1H. The molecule has 0 bridgehead atoms. The van der Waals surface area contributed by atoms with Crippen LogP contribution in [0, 0.1) is 0 Å². The predicted octanol–water partition coefficient (Wildman–Crippen LogP) is 2.70. The van der Waals surface area contributed by atoms with Gasteiger partial charge in [0, 0.05) is 18.2 Å². The van der Waals surface area contributed by atoms with Crippen molar-refractivity contribution in [3.8, 4) is 0 Å². The number of halogens is 2. The van der Waals surface area contributed by atoms with Crippen molar-refractivity contribution in [2.45, 2.75) is 12.5 Å². The highest BCUT2D eigenvalue weighted by Gasteiger charge is 2.35. The lowest BCUT2D eigenvalue weighted by Gasteiger charge is -2.19. The largest absolute Gasteiger partial charge is 0.326 e. The number of benzene rings is 2. The minimum atomic E-state index is -0.427. The summed E-state index contributed by atoms with van der Waals surface area (Å²) in [6.07, 6.45) is 0.441. The summed E-state index contributed by atoms with van der Waals surface area (Å²) in [5.74, 6) is -0.869. The summed E-state index contributed by atoms with van der Waals surface area (Å²) in [5.41, 5.74) is 8.36. The van der Waals surface area contributed by atoms with Gasteiger partial charge in [0.1, 0.15) is 0 Å². The number of amides is 2. The van der Waals surface area contributed by atoms with Crippen LogP contribution in [0.1, 0.15) is 36.6 Å². The summed E-state index contributed by atoms with van der Waals surface area (Å²) >= 11 is 5.58. The third-order valence-electron chi connectivity index (χ3n) is 4.16. The lowest BCUT2D eigenvalue weighted by Crippen LogP contribution is -2.41. The van der Waals surface area contributed by atoms with Crippen LogP contribution in [0.3, 0.4) is 0 Å². The van der Waals surface area contributed by atoms with E-state index in [-0.39, 0.29) is 42.4 Å². The molecule has 1 aliphatic rings. The highest BCUT2D eigenvalue weighted by Crippen LogP contribution is 2.22. The minimum absolute atomic E-state index is 0. The van der Waals surface area contributed by atoms with Gasteiger partial charge in [-0.25, -0.2) is 0 Å². The van der Waals surface area contributed by atoms with Crippen LogP contribution >= 0.6 is 24.0 Å². The SMILES string of the molecule is Cl.NC(Cc1cccc(C(=O)CCl)c1)CN1C(=O)c2ccccc2C1=O. The van der Waals surface area contributed by atoms with E-state index in [9.17, 15) is 14.4 Å². The van der Waals surface area contributed by atoms with Gasteiger partial charge in [0.2, 0.25) is 0 Å². The van der Waals surface area contributed by atoms with Crippen molar-refractivity contribution >= 4 is 41.6 Å². The molecule has 0 spiro atoms. The Hall–Kier alpha value is -2.21. The lowest BCUT2D eigenvalue weighted by molar-refractivity contribution is 0.0644. The Labute approximate surface area is 162 Å². The van der Waals surface area contributed by atoms with Gasteiger partial charge in [-0.3, -0.25) is 19.3 Å². The number of alkyl halides is 1. The average molecular weight is 393 g/mol. The number of Topliss-reactive ketones (excluding diaryl/α,β-unsaturated/α-hetero) is 1. The maximum absolute atomic E-state index is 12.4. The van der Waals surface area contributed by atoms with Crippen molar-refractivity contribution in [2.24, 2.45) is 5.73 Å². The first kappa shape index (κ1) is 20.1. The normalized spacial score (nSPS) is 14.0. The average Bonchev–Trinajstić information content (AvgIpc) is 2.86. The van der Waals surface area contributed by atoms with E-state index >= 15 is 0 Å². The van der Waals surface area contributed by atoms with Crippen LogP contribution in [0.4, 0.5) is 0 Å². The zero-order chi connectivity index (χ0) is 18.0. The number of nitrogens with zero attached hydrogens (tertiary/aromatic N) is 1. The van der Waals surface area contributed by atoms with Crippen LogP contribution in [-0.4, -0.2) is 41.0 Å². The van der Waals surface area contributed by atoms with E-state index in [2.05, 4.69) is 0 Å². The van der Waals surface area contributed by atoms with E-state index in [0.717, 1.165) is 5.56 Å². The Bertz CT molecular complexity index is 819. The van der Waals surface area contributed by atoms with E-state index in [1.807, 2.05) is 6.07 Å². The third-order valence-corrected chi connectivity index (χ3v) is 4.41. The Balaban J connectivity index is 0.00000243. The number of carbonyl (C=O) groups is 3. The molecule has 0 saturated carbocycles. The molecule has 2 N–H and O–H groups in total. The second kappa shape index (κ2) is 8.45. The fourth-order valence-corrected chi connectivity index (χ4v) is 3.11. The van der Waals surface area contributed by atoms with Gasteiger partial charge in [-0.1, -0.05) is 30.3 Å². The maximum Gasteiger partial charge on any atom is 0.261 e. The van der Waals surface area contributed by atoms with Gasteiger partial charge in [-0.05, 0) is 30.2 Å². The summed E-state index contributed by atoms with van der Waals surface area (Å²) in [4.78, 5) is 37.6. The Morgan fingerprint density at radius 3 is 2.23 bits per heavy atom. The highest BCUT2D eigenvalue weighted by molar-refractivity contribution is 6.30. The summed E-state index contributed by atoms with van der Waals surface area (Å²) < 4.78 is 0. The summed E-state index contributed by atoms with van der Waals surface area (Å²) in [6.45, 7) is 0.125. The summed E-state index contributed by atoms with van der Waals surface area (Å²) in [5, 5.41) is 0. The molecule has 1 heterocycles. The molecule has 0 aromatic heterocycles. The lowest BCUT2D eigenvalue weighted by atomic mass is 10.0. The maximum atomic E-state index is 12.4. The number of ketones is 1. The van der Waals surface area contributed by atoms with Crippen molar-refractivity contribution in [3.05, 3.63) is 70.8 Å². The molecule has 0 fully saturated rings. The van der Waals surface area contributed by atoms with Gasteiger partial charge >= 0.3 is 0 Å². The van der Waals surface area contributed by atoms with Crippen molar-refractivity contribution < 1.29 is 14.4 Å². The second-order valence-electron chi connectivity index (χ2n) is 5.99. The number of hydrogen-bond acceptors (Lipinski definition) is 4. The van der Waals surface area contributed by atoms with Crippen LogP contribution in [-0.2, 0) is 6.42 Å². The summed E-state index contributed by atoms with van der Waals surface area (Å²) in [6, 6.07) is 13.4. The molecule has 136 valence electrons. The van der Waals surface area contributed by atoms with Gasteiger partial charge in [0.15, 0.2) is 5.78 Å². The fourth-order valence-electron chi connectivity index (χ4n) is 2.96. The highest BCUT2D eigenvalue weighted by atomic mass is 35.5. The quantitative estimate of drug-likeness (QED) is 0.465. The van der Waals surface area contributed by atoms with E-state index in [1.54, 1.807) is 42.5 Å². The number of carbonyl (C=O) groups excluding carboxylic acids is 3. The number of hydrogen-bond donors (Lipinski definition) is 1. The monoisotopic (exact) mass is 392 g/mol. The van der Waals surface area contributed by atoms with Crippen LogP contribution in [0.25, 0.3) is 0 Å². The first-order valence-electron chi connectivity index (χ1n) is 7.90. The smallest absolute Gasteiger partial charge is 0.261 e. The topological polar surface area (TPSA) is 80.5 Å². The summed E-state index contributed by atoms with van der Waals surface area (Å²) in [7, 11) is 0. The van der Waals surface area contributed by atoms with Crippen LogP contribution in [0.15, 0.2) is 48.5 Å². The molecule has 2 aromatic rings. The Kier molecular flexibility index (Phi) is 6.53. The van der Waals surface area contributed by atoms with E-state index in [0.29, 0.717) is 23.1 Å². The zero-order valence-corrected chi connectivity index (χ0v) is 15.4.